The van der Waals surface area contributed by atoms with Gasteiger partial charge in [0.05, 0.1) is 0 Å². The predicted octanol–water partition coefficient (Wildman–Crippen LogP) is 3.23. The van der Waals surface area contributed by atoms with Gasteiger partial charge in [-0.15, -0.1) is 0 Å². The summed E-state index contributed by atoms with van der Waals surface area (Å²) in [6.07, 6.45) is -1.68. The molecule has 130 valence electrons. The van der Waals surface area contributed by atoms with Crippen LogP contribution in [0, 0.1) is 13.8 Å². The fourth-order valence-electron chi connectivity index (χ4n) is 3.21. The molecule has 5 nitrogen and oxygen atoms in total. The Balaban J connectivity index is 1.85. The van der Waals surface area contributed by atoms with E-state index in [0.717, 1.165) is 37.0 Å². The molecule has 0 aromatic carbocycles. The fourth-order valence-corrected chi connectivity index (χ4v) is 3.21. The van der Waals surface area contributed by atoms with E-state index >= 15 is 0 Å². The third-order valence-corrected chi connectivity index (χ3v) is 4.24. The first-order valence-electron chi connectivity index (χ1n) is 7.91. The average Bonchev–Trinajstić information content (AvgIpc) is 2.88. The van der Waals surface area contributed by atoms with Crippen LogP contribution < -0.4 is 4.90 Å². The summed E-state index contributed by atoms with van der Waals surface area (Å²) < 4.78 is 40.1. The Bertz CT molecular complexity index is 718. The van der Waals surface area contributed by atoms with Crippen LogP contribution >= 0.6 is 0 Å². The highest BCUT2D eigenvalue weighted by Gasteiger charge is 2.36. The monoisotopic (exact) mass is 339 g/mol. The summed E-state index contributed by atoms with van der Waals surface area (Å²) in [6, 6.07) is 1.90. The molecule has 1 saturated heterocycles. The van der Waals surface area contributed by atoms with E-state index in [0.29, 0.717) is 18.3 Å². The lowest BCUT2D eigenvalue weighted by molar-refractivity contribution is -0.141. The second kappa shape index (κ2) is 6.07. The molecule has 1 atom stereocenters. The summed E-state index contributed by atoms with van der Waals surface area (Å²) in [5.41, 5.74) is 0.937. The van der Waals surface area contributed by atoms with Crippen molar-refractivity contribution in [2.75, 3.05) is 18.0 Å². The zero-order chi connectivity index (χ0) is 17.5. The highest BCUT2D eigenvalue weighted by atomic mass is 19.4. The molecule has 0 spiro atoms. The normalized spacial score (nSPS) is 18.9. The molecule has 2 aromatic heterocycles. The van der Waals surface area contributed by atoms with Crippen LogP contribution in [0.1, 0.15) is 41.7 Å². The van der Waals surface area contributed by atoms with Crippen LogP contribution in [-0.4, -0.2) is 32.6 Å². The lowest BCUT2D eigenvalue weighted by atomic mass is 9.97. The lowest BCUT2D eigenvalue weighted by Crippen LogP contribution is -2.36. The van der Waals surface area contributed by atoms with E-state index in [2.05, 4.69) is 15.0 Å². The molecule has 3 rings (SSSR count). The Labute approximate surface area is 138 Å². The number of imidazole rings is 1. The van der Waals surface area contributed by atoms with Gasteiger partial charge in [0.2, 0.25) is 5.95 Å². The van der Waals surface area contributed by atoms with E-state index in [9.17, 15) is 13.2 Å². The van der Waals surface area contributed by atoms with Gasteiger partial charge in [-0.25, -0.2) is 15.0 Å². The van der Waals surface area contributed by atoms with Crippen LogP contribution in [0.25, 0.3) is 0 Å². The highest BCUT2D eigenvalue weighted by molar-refractivity contribution is 5.34. The van der Waals surface area contributed by atoms with Crippen molar-refractivity contribution in [3.8, 4) is 0 Å². The summed E-state index contributed by atoms with van der Waals surface area (Å²) in [5, 5.41) is 0. The molecule has 1 aliphatic rings. The first-order chi connectivity index (χ1) is 11.2. The van der Waals surface area contributed by atoms with Crippen LogP contribution in [-0.2, 0) is 13.2 Å². The number of hydrogen-bond acceptors (Lipinski definition) is 4. The summed E-state index contributed by atoms with van der Waals surface area (Å²) in [5.74, 6) is 1.04. The third kappa shape index (κ3) is 3.37. The average molecular weight is 339 g/mol. The molecule has 0 saturated carbocycles. The Hall–Kier alpha value is -2.12. The van der Waals surface area contributed by atoms with Gasteiger partial charge in [0.25, 0.3) is 0 Å². The predicted molar refractivity (Wildman–Crippen MR) is 83.9 cm³/mol. The van der Waals surface area contributed by atoms with Gasteiger partial charge in [0.15, 0.2) is 5.69 Å². The number of aryl methyl sites for hydroxylation is 3. The number of rotatable bonds is 2. The number of nitrogens with zero attached hydrogens (tertiary/aromatic N) is 5. The highest BCUT2D eigenvalue weighted by Crippen LogP contribution is 2.32. The second-order valence-electron chi connectivity index (χ2n) is 6.33. The van der Waals surface area contributed by atoms with Crippen LogP contribution in [0.4, 0.5) is 19.1 Å². The van der Waals surface area contributed by atoms with Crippen molar-refractivity contribution < 1.29 is 13.2 Å². The second-order valence-corrected chi connectivity index (χ2v) is 6.33. The zero-order valence-electron chi connectivity index (χ0n) is 13.9. The van der Waals surface area contributed by atoms with Crippen molar-refractivity contribution >= 4 is 5.95 Å². The summed E-state index contributed by atoms with van der Waals surface area (Å²) >= 11 is 0. The molecular weight excluding hydrogens is 319 g/mol. The fraction of sp³-hybridized carbons (Fsp3) is 0.562. The smallest absolute Gasteiger partial charge is 0.340 e. The standard InChI is InChI=1S/C16H20F3N5/c1-10-7-11(2)21-15(20-10)24-6-4-5-12(8-24)14-22-13(9-23(14)3)16(17,18)19/h7,9,12H,4-6,8H2,1-3H3. The van der Waals surface area contributed by atoms with Crippen molar-refractivity contribution in [1.29, 1.82) is 0 Å². The van der Waals surface area contributed by atoms with E-state index in [1.165, 1.54) is 4.57 Å². The summed E-state index contributed by atoms with van der Waals surface area (Å²) in [6.45, 7) is 5.20. The lowest BCUT2D eigenvalue weighted by Gasteiger charge is -2.32. The van der Waals surface area contributed by atoms with Crippen LogP contribution in [0.5, 0.6) is 0 Å². The molecule has 3 heterocycles. The van der Waals surface area contributed by atoms with Gasteiger partial charge in [0.1, 0.15) is 5.82 Å². The van der Waals surface area contributed by atoms with Crippen LogP contribution in [0.2, 0.25) is 0 Å². The van der Waals surface area contributed by atoms with Crippen molar-refractivity contribution in [3.63, 3.8) is 0 Å². The Morgan fingerprint density at radius 1 is 1.12 bits per heavy atom. The number of aromatic nitrogens is 4. The van der Waals surface area contributed by atoms with Crippen molar-refractivity contribution in [2.24, 2.45) is 7.05 Å². The summed E-state index contributed by atoms with van der Waals surface area (Å²) in [7, 11) is 1.61. The SMILES string of the molecule is Cc1cc(C)nc(N2CCCC(c3nc(C(F)(F)F)cn3C)C2)n1. The van der Waals surface area contributed by atoms with E-state index in [4.69, 9.17) is 0 Å². The number of hydrogen-bond donors (Lipinski definition) is 0. The first-order valence-corrected chi connectivity index (χ1v) is 7.91. The Kier molecular flexibility index (Phi) is 4.23. The molecule has 1 aliphatic heterocycles. The van der Waals surface area contributed by atoms with E-state index in [1.807, 2.05) is 24.8 Å². The van der Waals surface area contributed by atoms with E-state index < -0.39 is 11.9 Å². The molecule has 0 bridgehead atoms. The minimum atomic E-state index is -4.42. The van der Waals surface area contributed by atoms with Crippen molar-refractivity contribution in [1.82, 2.24) is 19.5 Å². The van der Waals surface area contributed by atoms with Gasteiger partial charge in [-0.2, -0.15) is 13.2 Å². The van der Waals surface area contributed by atoms with Gasteiger partial charge in [-0.1, -0.05) is 0 Å². The van der Waals surface area contributed by atoms with Crippen LogP contribution in [0.3, 0.4) is 0 Å². The topological polar surface area (TPSA) is 46.8 Å². The maximum atomic E-state index is 12.9. The molecule has 2 aromatic rings. The quantitative estimate of drug-likeness (QED) is 0.843. The Morgan fingerprint density at radius 3 is 2.38 bits per heavy atom. The Morgan fingerprint density at radius 2 is 1.79 bits per heavy atom. The molecule has 1 unspecified atom stereocenters. The molecule has 8 heteroatoms. The van der Waals surface area contributed by atoms with Gasteiger partial charge >= 0.3 is 6.18 Å². The maximum absolute atomic E-state index is 12.9. The van der Waals surface area contributed by atoms with E-state index in [-0.39, 0.29) is 5.92 Å². The largest absolute Gasteiger partial charge is 0.434 e. The molecule has 0 amide bonds. The van der Waals surface area contributed by atoms with Crippen molar-refractivity contribution in [3.05, 3.63) is 35.2 Å². The third-order valence-electron chi connectivity index (χ3n) is 4.24. The van der Waals surface area contributed by atoms with E-state index in [1.54, 1.807) is 7.05 Å². The van der Waals surface area contributed by atoms with Crippen molar-refractivity contribution in [2.45, 2.75) is 38.8 Å². The number of halogens is 3. The molecule has 0 radical (unpaired) electrons. The van der Waals surface area contributed by atoms with Gasteiger partial charge in [-0.3, -0.25) is 0 Å². The molecule has 24 heavy (non-hydrogen) atoms. The minimum absolute atomic E-state index is 0.0655. The maximum Gasteiger partial charge on any atom is 0.434 e. The number of piperidine rings is 1. The molecule has 1 fully saturated rings. The summed E-state index contributed by atoms with van der Waals surface area (Å²) in [4.78, 5) is 14.8. The van der Waals surface area contributed by atoms with Gasteiger partial charge < -0.3 is 9.47 Å². The molecular formula is C16H20F3N5. The van der Waals surface area contributed by atoms with Gasteiger partial charge in [0, 0.05) is 43.6 Å². The number of anilines is 1. The minimum Gasteiger partial charge on any atom is -0.340 e. The molecule has 0 N–H and O–H groups in total. The number of alkyl halides is 3. The first kappa shape index (κ1) is 16.7. The van der Waals surface area contributed by atoms with Crippen LogP contribution in [0.15, 0.2) is 12.3 Å². The zero-order valence-corrected chi connectivity index (χ0v) is 13.9. The molecule has 0 aliphatic carbocycles. The van der Waals surface area contributed by atoms with Gasteiger partial charge in [-0.05, 0) is 32.8 Å².